The van der Waals surface area contributed by atoms with Crippen molar-refractivity contribution in [2.24, 2.45) is 0 Å². The molecular weight excluding hydrogens is 312 g/mol. The Bertz CT molecular complexity index is 949. The van der Waals surface area contributed by atoms with E-state index in [2.05, 4.69) is 75.2 Å². The van der Waals surface area contributed by atoms with Gasteiger partial charge in [-0.15, -0.1) is 10.2 Å². The lowest BCUT2D eigenvalue weighted by atomic mass is 10.1. The highest BCUT2D eigenvalue weighted by molar-refractivity contribution is 5.82. The molecule has 3 aromatic carbocycles. The number of nitrogens with one attached hydrogen (secondary N) is 1. The highest BCUT2D eigenvalue weighted by Gasteiger charge is 2.02. The van der Waals surface area contributed by atoms with Gasteiger partial charge in [-0.2, -0.15) is 5.21 Å². The first kappa shape index (κ1) is 15.3. The molecule has 0 aliphatic carbocycles. The van der Waals surface area contributed by atoms with E-state index in [1.807, 2.05) is 12.1 Å². The number of aromatic nitrogens is 4. The van der Waals surface area contributed by atoms with Crippen molar-refractivity contribution in [3.63, 3.8) is 0 Å². The lowest BCUT2D eigenvalue weighted by molar-refractivity contribution is 0.306. The van der Waals surface area contributed by atoms with Crippen molar-refractivity contribution in [3.8, 4) is 5.75 Å². The first-order valence-electron chi connectivity index (χ1n) is 8.28. The van der Waals surface area contributed by atoms with E-state index in [1.165, 1.54) is 21.9 Å². The second kappa shape index (κ2) is 7.13. The van der Waals surface area contributed by atoms with E-state index in [4.69, 9.17) is 4.74 Å². The molecular formula is C20H18N4O. The molecule has 0 bridgehead atoms. The zero-order chi connectivity index (χ0) is 16.9. The summed E-state index contributed by atoms with van der Waals surface area (Å²) in [7, 11) is 0. The van der Waals surface area contributed by atoms with Crippen molar-refractivity contribution in [3.05, 3.63) is 83.7 Å². The number of H-pyrrole nitrogens is 1. The second-order valence-electron chi connectivity index (χ2n) is 5.94. The number of fused-ring (bicyclic) bond motifs is 1. The number of hydrogen-bond acceptors (Lipinski definition) is 4. The van der Waals surface area contributed by atoms with Gasteiger partial charge in [0.2, 0.25) is 0 Å². The van der Waals surface area contributed by atoms with Crippen LogP contribution in [0.25, 0.3) is 10.8 Å². The molecule has 0 amide bonds. The van der Waals surface area contributed by atoms with Gasteiger partial charge in [0.25, 0.3) is 0 Å². The minimum Gasteiger partial charge on any atom is -0.489 e. The molecule has 0 aliphatic heterocycles. The summed E-state index contributed by atoms with van der Waals surface area (Å²) in [6.07, 6.45) is 1.65. The summed E-state index contributed by atoms with van der Waals surface area (Å²) in [5, 5.41) is 16.4. The van der Waals surface area contributed by atoms with E-state index in [9.17, 15) is 0 Å². The maximum Gasteiger partial charge on any atom is 0.174 e. The fraction of sp³-hybridized carbons (Fsp3) is 0.150. The zero-order valence-electron chi connectivity index (χ0n) is 13.7. The first-order valence-corrected chi connectivity index (χ1v) is 8.28. The van der Waals surface area contributed by atoms with Gasteiger partial charge < -0.3 is 4.74 Å². The van der Waals surface area contributed by atoms with Crippen LogP contribution < -0.4 is 4.74 Å². The molecule has 4 rings (SSSR count). The minimum atomic E-state index is 0.563. The minimum absolute atomic E-state index is 0.563. The van der Waals surface area contributed by atoms with Gasteiger partial charge in [0.15, 0.2) is 5.82 Å². The van der Waals surface area contributed by atoms with Gasteiger partial charge in [-0.3, -0.25) is 0 Å². The van der Waals surface area contributed by atoms with Crippen LogP contribution >= 0.6 is 0 Å². The molecule has 0 spiro atoms. The smallest absolute Gasteiger partial charge is 0.174 e. The summed E-state index contributed by atoms with van der Waals surface area (Å²) < 4.78 is 5.91. The lowest BCUT2D eigenvalue weighted by Crippen LogP contribution is -1.97. The molecule has 0 fully saturated rings. The summed E-state index contributed by atoms with van der Waals surface area (Å²) in [5.41, 5.74) is 2.39. The predicted octanol–water partition coefficient (Wildman–Crippen LogP) is 3.72. The molecule has 124 valence electrons. The van der Waals surface area contributed by atoms with Crippen LogP contribution in [0.5, 0.6) is 5.75 Å². The summed E-state index contributed by atoms with van der Waals surface area (Å²) in [4.78, 5) is 0. The largest absolute Gasteiger partial charge is 0.489 e. The van der Waals surface area contributed by atoms with Crippen molar-refractivity contribution >= 4 is 10.8 Å². The Balaban J connectivity index is 1.35. The van der Waals surface area contributed by atoms with Gasteiger partial charge in [0.1, 0.15) is 12.4 Å². The van der Waals surface area contributed by atoms with Crippen molar-refractivity contribution in [2.45, 2.75) is 19.4 Å². The van der Waals surface area contributed by atoms with Crippen molar-refractivity contribution in [2.75, 3.05) is 0 Å². The quantitative estimate of drug-likeness (QED) is 0.585. The van der Waals surface area contributed by atoms with Gasteiger partial charge in [-0.1, -0.05) is 53.7 Å². The third kappa shape index (κ3) is 3.83. The van der Waals surface area contributed by atoms with E-state index in [1.54, 1.807) is 0 Å². The van der Waals surface area contributed by atoms with Gasteiger partial charge in [-0.25, -0.2) is 0 Å². The van der Waals surface area contributed by atoms with Crippen LogP contribution in [0.15, 0.2) is 66.7 Å². The van der Waals surface area contributed by atoms with Crippen LogP contribution in [0.1, 0.15) is 17.0 Å². The molecule has 1 N–H and O–H groups in total. The standard InChI is InChI=1S/C20H18N4O/c1-2-4-18-13-16(5-9-17(18)3-1)14-25-19-10-6-15(7-11-19)8-12-20-21-23-24-22-20/h1-7,9-11,13H,8,12,14H2,(H,21,22,23,24). The molecule has 0 atom stereocenters. The number of hydrogen-bond donors (Lipinski definition) is 1. The van der Waals surface area contributed by atoms with E-state index >= 15 is 0 Å². The molecule has 0 unspecified atom stereocenters. The third-order valence-corrected chi connectivity index (χ3v) is 4.17. The highest BCUT2D eigenvalue weighted by Crippen LogP contribution is 2.18. The highest BCUT2D eigenvalue weighted by atomic mass is 16.5. The van der Waals surface area contributed by atoms with Gasteiger partial charge in [0.05, 0.1) is 0 Å². The Kier molecular flexibility index (Phi) is 4.37. The Morgan fingerprint density at radius 3 is 2.40 bits per heavy atom. The maximum absolute atomic E-state index is 5.91. The topological polar surface area (TPSA) is 63.7 Å². The van der Waals surface area contributed by atoms with Crippen molar-refractivity contribution in [1.29, 1.82) is 0 Å². The molecule has 0 aliphatic rings. The van der Waals surface area contributed by atoms with Crippen LogP contribution in [0.2, 0.25) is 0 Å². The molecule has 0 saturated heterocycles. The molecule has 1 aromatic heterocycles. The summed E-state index contributed by atoms with van der Waals surface area (Å²) >= 11 is 0. The Hall–Kier alpha value is -3.21. The molecule has 25 heavy (non-hydrogen) atoms. The van der Waals surface area contributed by atoms with Gasteiger partial charge in [-0.05, 0) is 46.5 Å². The summed E-state index contributed by atoms with van der Waals surface area (Å²) in [5.74, 6) is 1.60. The van der Waals surface area contributed by atoms with Crippen LogP contribution in [-0.4, -0.2) is 20.6 Å². The van der Waals surface area contributed by atoms with Crippen LogP contribution in [0.4, 0.5) is 0 Å². The lowest BCUT2D eigenvalue weighted by Gasteiger charge is -2.08. The van der Waals surface area contributed by atoms with Crippen molar-refractivity contribution in [1.82, 2.24) is 20.6 Å². The van der Waals surface area contributed by atoms with Crippen LogP contribution in [-0.2, 0) is 19.4 Å². The third-order valence-electron chi connectivity index (χ3n) is 4.17. The molecule has 5 heteroatoms. The summed E-state index contributed by atoms with van der Waals surface area (Å²) in [6, 6.07) is 22.9. The van der Waals surface area contributed by atoms with Crippen LogP contribution in [0, 0.1) is 0 Å². The van der Waals surface area contributed by atoms with E-state index in [-0.39, 0.29) is 0 Å². The van der Waals surface area contributed by atoms with Gasteiger partial charge >= 0.3 is 0 Å². The SMILES string of the molecule is c1ccc2cc(COc3ccc(CCc4nn[nH]n4)cc3)ccc2c1. The molecule has 5 nitrogen and oxygen atoms in total. The Labute approximate surface area is 145 Å². The number of tetrazole rings is 1. The molecule has 4 aromatic rings. The first-order chi connectivity index (χ1) is 12.4. The average molecular weight is 330 g/mol. The number of aryl methyl sites for hydroxylation is 2. The normalized spacial score (nSPS) is 10.9. The maximum atomic E-state index is 5.91. The Morgan fingerprint density at radius 1 is 0.800 bits per heavy atom. The molecule has 0 radical (unpaired) electrons. The fourth-order valence-electron chi connectivity index (χ4n) is 2.79. The van der Waals surface area contributed by atoms with E-state index < -0.39 is 0 Å². The predicted molar refractivity (Wildman–Crippen MR) is 96.3 cm³/mol. The molecule has 1 heterocycles. The number of aromatic amines is 1. The second-order valence-corrected chi connectivity index (χ2v) is 5.94. The number of rotatable bonds is 6. The Morgan fingerprint density at radius 2 is 1.60 bits per heavy atom. The van der Waals surface area contributed by atoms with Crippen molar-refractivity contribution < 1.29 is 4.74 Å². The summed E-state index contributed by atoms with van der Waals surface area (Å²) in [6.45, 7) is 0.563. The van der Waals surface area contributed by atoms with E-state index in [0.29, 0.717) is 6.61 Å². The monoisotopic (exact) mass is 330 g/mol. The number of ether oxygens (including phenoxy) is 1. The molecule has 0 saturated carbocycles. The zero-order valence-corrected chi connectivity index (χ0v) is 13.7. The number of benzene rings is 3. The van der Waals surface area contributed by atoms with Crippen LogP contribution in [0.3, 0.4) is 0 Å². The van der Waals surface area contributed by atoms with Gasteiger partial charge in [0, 0.05) is 6.42 Å². The fourth-order valence-corrected chi connectivity index (χ4v) is 2.79. The average Bonchev–Trinajstić information content (AvgIpc) is 3.19. The van der Waals surface area contributed by atoms with E-state index in [0.717, 1.165) is 24.4 Å². The number of nitrogens with zero attached hydrogens (tertiary/aromatic N) is 3.